The third kappa shape index (κ3) is 5.99. The van der Waals surface area contributed by atoms with Crippen molar-refractivity contribution in [2.45, 2.75) is 32.2 Å². The molecule has 1 fully saturated rings. The number of likely N-dealkylation sites (tertiary alicyclic amines) is 1. The van der Waals surface area contributed by atoms with Gasteiger partial charge >= 0.3 is 0 Å². The molecule has 0 radical (unpaired) electrons. The van der Waals surface area contributed by atoms with Gasteiger partial charge in [-0.15, -0.1) is 0 Å². The summed E-state index contributed by atoms with van der Waals surface area (Å²) in [5.41, 5.74) is 0.823. The molecule has 36 heavy (non-hydrogen) atoms. The van der Waals surface area contributed by atoms with E-state index in [2.05, 4.69) is 6.92 Å². The van der Waals surface area contributed by atoms with Gasteiger partial charge in [-0.3, -0.25) is 9.59 Å². The predicted octanol–water partition coefficient (Wildman–Crippen LogP) is 1.64. The number of carbonyl (C=O) groups is 2. The lowest BCUT2D eigenvalue weighted by atomic mass is 9.94. The molecule has 1 amide bonds. The first-order valence-electron chi connectivity index (χ1n) is 12.3. The molecule has 2 aromatic rings. The van der Waals surface area contributed by atoms with Crippen molar-refractivity contribution in [2.24, 2.45) is 0 Å². The van der Waals surface area contributed by atoms with Gasteiger partial charge in [0, 0.05) is 30.2 Å². The molecule has 1 aliphatic heterocycles. The van der Waals surface area contributed by atoms with Crippen molar-refractivity contribution in [2.75, 3.05) is 48.0 Å². The first-order valence-corrected chi connectivity index (χ1v) is 12.3. The Morgan fingerprint density at radius 2 is 1.69 bits per heavy atom. The molecule has 1 atom stereocenters. The number of rotatable bonds is 12. The lowest BCUT2D eigenvalue weighted by Crippen LogP contribution is -3.05. The minimum Gasteiger partial charge on any atom is -0.872 e. The van der Waals surface area contributed by atoms with E-state index in [1.807, 2.05) is 14.1 Å². The van der Waals surface area contributed by atoms with Crippen LogP contribution in [0.5, 0.6) is 17.2 Å². The summed E-state index contributed by atoms with van der Waals surface area (Å²) < 4.78 is 16.6. The maximum absolute atomic E-state index is 13.7. The van der Waals surface area contributed by atoms with Crippen LogP contribution in [0.1, 0.15) is 43.4 Å². The SMILES string of the molecule is CCCCOc1ccc(/C([O-])=C2\C(=O)C(=O)N(CCC[NH+](C)C)C2c2ccc(OC)cc2OC)cc1. The monoisotopic (exact) mass is 496 g/mol. The van der Waals surface area contributed by atoms with Crippen molar-refractivity contribution in [3.63, 3.8) is 0 Å². The molecule has 0 spiro atoms. The number of benzene rings is 2. The van der Waals surface area contributed by atoms with Gasteiger partial charge in [0.2, 0.25) is 5.78 Å². The van der Waals surface area contributed by atoms with Gasteiger partial charge in [-0.1, -0.05) is 31.2 Å². The van der Waals surface area contributed by atoms with Crippen molar-refractivity contribution in [1.82, 2.24) is 4.90 Å². The highest BCUT2D eigenvalue weighted by Gasteiger charge is 2.45. The Balaban J connectivity index is 2.06. The summed E-state index contributed by atoms with van der Waals surface area (Å²) in [6.45, 7) is 3.84. The Kier molecular flexibility index (Phi) is 9.36. The number of ether oxygens (including phenoxy) is 3. The van der Waals surface area contributed by atoms with Gasteiger partial charge in [0.05, 0.1) is 47.5 Å². The van der Waals surface area contributed by atoms with Crippen LogP contribution in [0.3, 0.4) is 0 Å². The molecule has 3 rings (SSSR count). The fourth-order valence-corrected chi connectivity index (χ4v) is 4.26. The van der Waals surface area contributed by atoms with Crippen LogP contribution in [-0.4, -0.2) is 64.6 Å². The van der Waals surface area contributed by atoms with E-state index in [1.54, 1.807) is 49.6 Å². The predicted molar refractivity (Wildman–Crippen MR) is 135 cm³/mol. The minimum absolute atomic E-state index is 0.0691. The Hall–Kier alpha value is -3.52. The summed E-state index contributed by atoms with van der Waals surface area (Å²) in [6, 6.07) is 11.0. The molecule has 2 aromatic carbocycles. The second kappa shape index (κ2) is 12.4. The van der Waals surface area contributed by atoms with E-state index >= 15 is 0 Å². The van der Waals surface area contributed by atoms with Crippen molar-refractivity contribution >= 4 is 17.4 Å². The molecular weight excluding hydrogens is 460 g/mol. The van der Waals surface area contributed by atoms with Gasteiger partial charge in [-0.2, -0.15) is 0 Å². The van der Waals surface area contributed by atoms with Gasteiger partial charge in [-0.25, -0.2) is 0 Å². The smallest absolute Gasteiger partial charge is 0.295 e. The van der Waals surface area contributed by atoms with E-state index in [0.717, 1.165) is 19.4 Å². The maximum Gasteiger partial charge on any atom is 0.295 e. The Bertz CT molecular complexity index is 1090. The topological polar surface area (TPSA) is 92.6 Å². The number of amides is 1. The first-order chi connectivity index (χ1) is 17.3. The number of ketones is 1. The summed E-state index contributed by atoms with van der Waals surface area (Å²) >= 11 is 0. The molecule has 0 aromatic heterocycles. The molecule has 8 nitrogen and oxygen atoms in total. The second-order valence-electron chi connectivity index (χ2n) is 9.12. The third-order valence-electron chi connectivity index (χ3n) is 6.22. The normalized spacial score (nSPS) is 17.1. The number of carbonyl (C=O) groups excluding carboxylic acids is 2. The third-order valence-corrected chi connectivity index (χ3v) is 6.22. The van der Waals surface area contributed by atoms with Crippen molar-refractivity contribution in [3.05, 3.63) is 59.2 Å². The van der Waals surface area contributed by atoms with Gasteiger partial charge in [0.1, 0.15) is 17.2 Å². The van der Waals surface area contributed by atoms with E-state index in [1.165, 1.54) is 16.9 Å². The van der Waals surface area contributed by atoms with Crippen LogP contribution < -0.4 is 24.2 Å². The summed E-state index contributed by atoms with van der Waals surface area (Å²) in [7, 11) is 7.11. The second-order valence-corrected chi connectivity index (χ2v) is 9.12. The lowest BCUT2D eigenvalue weighted by molar-refractivity contribution is -0.858. The number of nitrogens with zero attached hydrogens (tertiary/aromatic N) is 1. The average Bonchev–Trinajstić information content (AvgIpc) is 3.13. The number of methoxy groups -OCH3 is 2. The van der Waals surface area contributed by atoms with Crippen LogP contribution in [0.2, 0.25) is 0 Å². The highest BCUT2D eigenvalue weighted by molar-refractivity contribution is 6.46. The number of quaternary nitrogens is 1. The van der Waals surface area contributed by atoms with Crippen LogP contribution in [0.15, 0.2) is 48.0 Å². The fraction of sp³-hybridized carbons (Fsp3) is 0.429. The molecule has 1 heterocycles. The zero-order chi connectivity index (χ0) is 26.2. The molecule has 0 saturated carbocycles. The quantitative estimate of drug-likeness (QED) is 0.208. The number of unbranched alkanes of at least 4 members (excludes halogenated alkanes) is 1. The highest BCUT2D eigenvalue weighted by Crippen LogP contribution is 2.43. The summed E-state index contributed by atoms with van der Waals surface area (Å²) in [5.74, 6) is -0.259. The average molecular weight is 497 g/mol. The van der Waals surface area contributed by atoms with Gasteiger partial charge in [-0.05, 0) is 36.2 Å². The molecule has 1 unspecified atom stereocenters. The van der Waals surface area contributed by atoms with Crippen molar-refractivity contribution in [3.8, 4) is 17.2 Å². The van der Waals surface area contributed by atoms with E-state index in [-0.39, 0.29) is 5.57 Å². The molecule has 194 valence electrons. The highest BCUT2D eigenvalue weighted by atomic mass is 16.5. The van der Waals surface area contributed by atoms with E-state index in [4.69, 9.17) is 14.2 Å². The fourth-order valence-electron chi connectivity index (χ4n) is 4.26. The van der Waals surface area contributed by atoms with Crippen LogP contribution in [-0.2, 0) is 9.59 Å². The molecule has 1 saturated heterocycles. The summed E-state index contributed by atoms with van der Waals surface area (Å²) in [4.78, 5) is 29.1. The molecular formula is C28H36N2O6. The molecule has 0 bridgehead atoms. The number of nitrogens with one attached hydrogen (secondary N) is 1. The number of Topliss-reactive ketones (excluding diaryl/α,β-unsaturated/α-hetero) is 1. The largest absolute Gasteiger partial charge is 0.872 e. The standard InChI is InChI=1S/C28H36N2O6/c1-6-7-17-36-20-11-9-19(10-12-20)26(31)24-25(22-14-13-21(34-4)18-23(22)35-5)30(28(33)27(24)32)16-8-15-29(2)3/h9-14,18,25,31H,6-8,15-17H2,1-5H3/b26-24+. The van der Waals surface area contributed by atoms with E-state index < -0.39 is 23.5 Å². The number of hydrogen-bond acceptors (Lipinski definition) is 6. The van der Waals surface area contributed by atoms with Crippen LogP contribution in [0, 0.1) is 0 Å². The van der Waals surface area contributed by atoms with E-state index in [0.29, 0.717) is 47.9 Å². The van der Waals surface area contributed by atoms with Gasteiger partial charge in [0.25, 0.3) is 5.91 Å². The zero-order valence-electron chi connectivity index (χ0n) is 21.8. The van der Waals surface area contributed by atoms with E-state index in [9.17, 15) is 14.7 Å². The molecule has 8 heteroatoms. The van der Waals surface area contributed by atoms with Crippen molar-refractivity contribution in [1.29, 1.82) is 0 Å². The Morgan fingerprint density at radius 1 is 1.00 bits per heavy atom. The van der Waals surface area contributed by atoms with Gasteiger partial charge < -0.3 is 29.1 Å². The zero-order valence-corrected chi connectivity index (χ0v) is 21.8. The number of hydrogen-bond donors (Lipinski definition) is 1. The van der Waals surface area contributed by atoms with Crippen molar-refractivity contribution < 1.29 is 33.8 Å². The lowest BCUT2D eigenvalue weighted by Gasteiger charge is -2.29. The van der Waals surface area contributed by atoms with Gasteiger partial charge in [0.15, 0.2) is 0 Å². The minimum atomic E-state index is -0.851. The van der Waals surface area contributed by atoms with Crippen LogP contribution in [0.25, 0.3) is 5.76 Å². The molecule has 1 aliphatic rings. The first kappa shape index (κ1) is 27.1. The summed E-state index contributed by atoms with van der Waals surface area (Å²) in [6.07, 6.45) is 2.64. The Morgan fingerprint density at radius 3 is 2.31 bits per heavy atom. The Labute approximate surface area is 213 Å². The maximum atomic E-state index is 13.7. The van der Waals surface area contributed by atoms with Crippen LogP contribution >= 0.6 is 0 Å². The molecule has 1 N–H and O–H groups in total. The molecule has 0 aliphatic carbocycles. The van der Waals surface area contributed by atoms with Crippen LogP contribution in [0.4, 0.5) is 0 Å². The summed E-state index contributed by atoms with van der Waals surface area (Å²) in [5, 5.41) is 13.7.